The maximum Gasteiger partial charge on any atom is 0.222 e. The van der Waals surface area contributed by atoms with Gasteiger partial charge in [0.05, 0.1) is 12.3 Å². The summed E-state index contributed by atoms with van der Waals surface area (Å²) in [4.78, 5) is 10.9. The molecule has 1 aromatic heterocycles. The normalized spacial score (nSPS) is 16.5. The Morgan fingerprint density at radius 1 is 1.47 bits per heavy atom. The van der Waals surface area contributed by atoms with E-state index in [0.717, 1.165) is 24.6 Å². The van der Waals surface area contributed by atoms with Crippen LogP contribution in [-0.4, -0.2) is 49.9 Å². The van der Waals surface area contributed by atoms with Crippen LogP contribution in [0.5, 0.6) is 0 Å². The molecule has 0 amide bonds. The largest absolute Gasteiger partial charge is 0.384 e. The zero-order chi connectivity index (χ0) is 14.0. The first-order chi connectivity index (χ1) is 8.96. The summed E-state index contributed by atoms with van der Waals surface area (Å²) in [5, 5.41) is 3.24. The van der Waals surface area contributed by atoms with E-state index >= 15 is 0 Å². The van der Waals surface area contributed by atoms with Crippen molar-refractivity contribution >= 4 is 11.8 Å². The Kier molecular flexibility index (Phi) is 3.91. The standard InChI is InChI=1S/C13H23N5O/c1-13(2,8-19-4)10-5-11(17-12(14)16-10)18-6-9(7-18)15-3/h5,9,15H,6-8H2,1-4H3,(H2,14,16,17). The minimum absolute atomic E-state index is 0.173. The van der Waals surface area contributed by atoms with Crippen LogP contribution in [0, 0.1) is 0 Å². The van der Waals surface area contributed by atoms with Gasteiger partial charge in [0.1, 0.15) is 5.82 Å². The van der Waals surface area contributed by atoms with Crippen LogP contribution >= 0.6 is 0 Å². The number of anilines is 2. The molecule has 0 aliphatic carbocycles. The summed E-state index contributed by atoms with van der Waals surface area (Å²) in [5.74, 6) is 1.22. The van der Waals surface area contributed by atoms with E-state index < -0.39 is 0 Å². The van der Waals surface area contributed by atoms with E-state index in [2.05, 4.69) is 34.0 Å². The molecule has 1 aliphatic rings. The third kappa shape index (κ3) is 2.96. The van der Waals surface area contributed by atoms with Gasteiger partial charge in [0.25, 0.3) is 0 Å². The third-order valence-corrected chi connectivity index (χ3v) is 3.54. The summed E-state index contributed by atoms with van der Waals surface area (Å²) in [6, 6.07) is 2.55. The summed E-state index contributed by atoms with van der Waals surface area (Å²) >= 11 is 0. The molecule has 0 bridgehead atoms. The Morgan fingerprint density at radius 3 is 2.74 bits per heavy atom. The lowest BCUT2D eigenvalue weighted by atomic mass is 9.90. The van der Waals surface area contributed by atoms with E-state index in [9.17, 15) is 0 Å². The fraction of sp³-hybridized carbons (Fsp3) is 0.692. The lowest BCUT2D eigenvalue weighted by Gasteiger charge is -2.40. The summed E-state index contributed by atoms with van der Waals surface area (Å²) in [5.41, 5.74) is 6.58. The number of hydrogen-bond donors (Lipinski definition) is 2. The van der Waals surface area contributed by atoms with Crippen molar-refractivity contribution in [3.8, 4) is 0 Å². The SMILES string of the molecule is CNC1CN(c2cc(C(C)(C)COC)nc(N)n2)C1. The molecule has 2 heterocycles. The highest BCUT2D eigenvalue weighted by Gasteiger charge is 2.29. The van der Waals surface area contributed by atoms with Crippen molar-refractivity contribution in [1.82, 2.24) is 15.3 Å². The van der Waals surface area contributed by atoms with Gasteiger partial charge in [-0.05, 0) is 7.05 Å². The van der Waals surface area contributed by atoms with E-state index in [1.807, 2.05) is 13.1 Å². The highest BCUT2D eigenvalue weighted by Crippen LogP contribution is 2.27. The molecule has 0 atom stereocenters. The van der Waals surface area contributed by atoms with Gasteiger partial charge in [0.15, 0.2) is 0 Å². The van der Waals surface area contributed by atoms with Crippen molar-refractivity contribution in [1.29, 1.82) is 0 Å². The van der Waals surface area contributed by atoms with Crippen molar-refractivity contribution in [3.05, 3.63) is 11.8 Å². The van der Waals surface area contributed by atoms with Gasteiger partial charge in [-0.2, -0.15) is 4.98 Å². The van der Waals surface area contributed by atoms with Gasteiger partial charge in [-0.3, -0.25) is 0 Å². The second-order valence-corrected chi connectivity index (χ2v) is 5.68. The fourth-order valence-corrected chi connectivity index (χ4v) is 2.24. The molecule has 0 saturated carbocycles. The Hall–Kier alpha value is -1.40. The highest BCUT2D eigenvalue weighted by atomic mass is 16.5. The molecule has 0 radical (unpaired) electrons. The van der Waals surface area contributed by atoms with Crippen LogP contribution < -0.4 is 16.0 Å². The van der Waals surface area contributed by atoms with E-state index in [-0.39, 0.29) is 5.41 Å². The lowest BCUT2D eigenvalue weighted by Crippen LogP contribution is -2.57. The zero-order valence-electron chi connectivity index (χ0n) is 12.1. The third-order valence-electron chi connectivity index (χ3n) is 3.54. The number of ether oxygens (including phenoxy) is 1. The zero-order valence-corrected chi connectivity index (χ0v) is 12.1. The van der Waals surface area contributed by atoms with Gasteiger partial charge in [-0.15, -0.1) is 0 Å². The van der Waals surface area contributed by atoms with Gasteiger partial charge in [0, 0.05) is 37.7 Å². The van der Waals surface area contributed by atoms with Gasteiger partial charge in [0.2, 0.25) is 5.95 Å². The molecule has 1 aliphatic heterocycles. The highest BCUT2D eigenvalue weighted by molar-refractivity contribution is 5.47. The molecule has 106 valence electrons. The van der Waals surface area contributed by atoms with Gasteiger partial charge < -0.3 is 20.7 Å². The molecule has 0 spiro atoms. The first kappa shape index (κ1) is 14.0. The number of nitrogen functional groups attached to an aromatic ring is 1. The van der Waals surface area contributed by atoms with E-state index in [1.165, 1.54) is 0 Å². The van der Waals surface area contributed by atoms with Gasteiger partial charge >= 0.3 is 0 Å². The summed E-state index contributed by atoms with van der Waals surface area (Å²) in [7, 11) is 3.67. The molecule has 3 N–H and O–H groups in total. The van der Waals surface area contributed by atoms with Crippen LogP contribution in [0.1, 0.15) is 19.5 Å². The summed E-state index contributed by atoms with van der Waals surface area (Å²) in [6.07, 6.45) is 0. The van der Waals surface area contributed by atoms with Crippen molar-refractivity contribution in [2.75, 3.05) is 44.5 Å². The minimum atomic E-state index is -0.173. The second-order valence-electron chi connectivity index (χ2n) is 5.68. The number of nitrogens with one attached hydrogen (secondary N) is 1. The monoisotopic (exact) mass is 265 g/mol. The van der Waals surface area contributed by atoms with Crippen LogP contribution in [0.3, 0.4) is 0 Å². The molecule has 1 fully saturated rings. The van der Waals surface area contributed by atoms with Crippen LogP contribution in [0.25, 0.3) is 0 Å². The maximum atomic E-state index is 5.83. The molecule has 0 aromatic carbocycles. The number of nitrogens with two attached hydrogens (primary N) is 1. The van der Waals surface area contributed by atoms with Crippen LogP contribution in [0.4, 0.5) is 11.8 Å². The Bertz CT molecular complexity index is 443. The molecule has 6 nitrogen and oxygen atoms in total. The Morgan fingerprint density at radius 2 is 2.16 bits per heavy atom. The molecule has 1 aromatic rings. The van der Waals surface area contributed by atoms with Crippen LogP contribution in [-0.2, 0) is 10.2 Å². The predicted octanol–water partition coefficient (Wildman–Crippen LogP) is 0.391. The first-order valence-corrected chi connectivity index (χ1v) is 6.52. The minimum Gasteiger partial charge on any atom is -0.384 e. The molecule has 6 heteroatoms. The smallest absolute Gasteiger partial charge is 0.222 e. The van der Waals surface area contributed by atoms with E-state index in [0.29, 0.717) is 18.6 Å². The van der Waals surface area contributed by atoms with Crippen molar-refractivity contribution in [2.24, 2.45) is 0 Å². The van der Waals surface area contributed by atoms with E-state index in [4.69, 9.17) is 10.5 Å². The van der Waals surface area contributed by atoms with Crippen molar-refractivity contribution < 1.29 is 4.74 Å². The summed E-state index contributed by atoms with van der Waals surface area (Å²) < 4.78 is 5.25. The molecular formula is C13H23N5O. The topological polar surface area (TPSA) is 76.3 Å². The second kappa shape index (κ2) is 5.30. The van der Waals surface area contributed by atoms with E-state index in [1.54, 1.807) is 7.11 Å². The first-order valence-electron chi connectivity index (χ1n) is 6.52. The number of hydrogen-bond acceptors (Lipinski definition) is 6. The number of likely N-dealkylation sites (N-methyl/N-ethyl adjacent to an activating group) is 1. The van der Waals surface area contributed by atoms with Gasteiger partial charge in [-0.1, -0.05) is 13.8 Å². The Labute approximate surface area is 114 Å². The van der Waals surface area contributed by atoms with Gasteiger partial charge in [-0.25, -0.2) is 4.98 Å². The van der Waals surface area contributed by atoms with Crippen molar-refractivity contribution in [2.45, 2.75) is 25.3 Å². The fourth-order valence-electron chi connectivity index (χ4n) is 2.24. The number of rotatable bonds is 5. The summed E-state index contributed by atoms with van der Waals surface area (Å²) in [6.45, 7) is 6.69. The molecular weight excluding hydrogens is 242 g/mol. The van der Waals surface area contributed by atoms with Crippen LogP contribution in [0.15, 0.2) is 6.07 Å². The quantitative estimate of drug-likeness (QED) is 0.802. The number of methoxy groups -OCH3 is 1. The average Bonchev–Trinajstić information content (AvgIpc) is 2.26. The molecule has 2 rings (SSSR count). The number of nitrogens with zero attached hydrogens (tertiary/aromatic N) is 3. The molecule has 0 unspecified atom stereocenters. The van der Waals surface area contributed by atoms with Crippen LogP contribution in [0.2, 0.25) is 0 Å². The lowest BCUT2D eigenvalue weighted by molar-refractivity contribution is 0.144. The molecule has 19 heavy (non-hydrogen) atoms. The average molecular weight is 265 g/mol. The maximum absolute atomic E-state index is 5.83. The Balaban J connectivity index is 2.20. The predicted molar refractivity (Wildman–Crippen MR) is 76.4 cm³/mol. The van der Waals surface area contributed by atoms with Crippen molar-refractivity contribution in [3.63, 3.8) is 0 Å². The number of aromatic nitrogens is 2. The molecule has 1 saturated heterocycles.